The Morgan fingerprint density at radius 2 is 2.09 bits per heavy atom. The Morgan fingerprint density at radius 1 is 1.35 bits per heavy atom. The van der Waals surface area contributed by atoms with Crippen LogP contribution < -0.4 is 10.0 Å². The minimum atomic E-state index is -3.46. The Hall–Kier alpha value is -0.520. The van der Waals surface area contributed by atoms with Gasteiger partial charge in [-0.2, -0.15) is 4.31 Å². The van der Waals surface area contributed by atoms with E-state index in [4.69, 9.17) is 0 Å². The summed E-state index contributed by atoms with van der Waals surface area (Å²) in [5.74, 6) is 0.0399. The number of thiophene rings is 1. The van der Waals surface area contributed by atoms with Gasteiger partial charge in [0.25, 0.3) is 10.0 Å². The van der Waals surface area contributed by atoms with E-state index in [0.717, 1.165) is 4.88 Å². The van der Waals surface area contributed by atoms with Gasteiger partial charge in [0.15, 0.2) is 0 Å². The Morgan fingerprint density at radius 3 is 2.74 bits per heavy atom. The van der Waals surface area contributed by atoms with E-state index in [1.807, 2.05) is 6.92 Å². The summed E-state index contributed by atoms with van der Waals surface area (Å²) in [6.07, 6.45) is 0.484. The van der Waals surface area contributed by atoms with Gasteiger partial charge in [-0.05, 0) is 32.4 Å². The van der Waals surface area contributed by atoms with Crippen LogP contribution in [0.1, 0.15) is 18.7 Å². The first-order valence-corrected chi connectivity index (χ1v) is 11.4. The molecule has 0 bridgehead atoms. The topological polar surface area (TPSA) is 95.6 Å². The molecule has 0 aliphatic carbocycles. The monoisotopic (exact) mass is 381 g/mol. The third kappa shape index (κ3) is 4.97. The maximum atomic E-state index is 12.6. The number of sulfonamides is 2. The maximum absolute atomic E-state index is 12.6. The first-order chi connectivity index (χ1) is 10.7. The summed E-state index contributed by atoms with van der Waals surface area (Å²) in [6.45, 7) is 5.40. The molecule has 1 unspecified atom stereocenters. The van der Waals surface area contributed by atoms with Gasteiger partial charge >= 0.3 is 0 Å². The minimum absolute atomic E-state index is 0.0399. The standard InChI is InChI=1S/C13H23N3O4S3/c1-3-22(17,18)15-7-6-12-4-5-13(21-12)23(19,20)16-9-8-14-11(2)10-16/h4-5,11,14-15H,3,6-10H2,1-2H3. The van der Waals surface area contributed by atoms with Crippen LogP contribution in [0.2, 0.25) is 0 Å². The van der Waals surface area contributed by atoms with Crippen molar-refractivity contribution in [3.8, 4) is 0 Å². The molecule has 0 spiro atoms. The zero-order valence-corrected chi connectivity index (χ0v) is 15.7. The molecular formula is C13H23N3O4S3. The van der Waals surface area contributed by atoms with Gasteiger partial charge in [-0.15, -0.1) is 11.3 Å². The van der Waals surface area contributed by atoms with Crippen LogP contribution in [-0.2, 0) is 26.5 Å². The Bertz CT molecular complexity index is 727. The second-order valence-corrected chi connectivity index (χ2v) is 10.9. The number of hydrogen-bond acceptors (Lipinski definition) is 6. The zero-order chi connectivity index (χ0) is 17.1. The molecular weight excluding hydrogens is 358 g/mol. The van der Waals surface area contributed by atoms with Gasteiger partial charge in [-0.1, -0.05) is 0 Å². The van der Waals surface area contributed by atoms with Gasteiger partial charge in [0, 0.05) is 37.1 Å². The van der Waals surface area contributed by atoms with Crippen LogP contribution in [0.3, 0.4) is 0 Å². The molecule has 2 heterocycles. The highest BCUT2D eigenvalue weighted by Gasteiger charge is 2.29. The van der Waals surface area contributed by atoms with Gasteiger partial charge in [-0.25, -0.2) is 21.6 Å². The summed E-state index contributed by atoms with van der Waals surface area (Å²) in [4.78, 5) is 0.852. The Balaban J connectivity index is 2.00. The van der Waals surface area contributed by atoms with Gasteiger partial charge in [0.1, 0.15) is 4.21 Å². The van der Waals surface area contributed by atoms with Gasteiger partial charge in [-0.3, -0.25) is 0 Å². The van der Waals surface area contributed by atoms with Crippen molar-refractivity contribution in [2.24, 2.45) is 0 Å². The highest BCUT2D eigenvalue weighted by Crippen LogP contribution is 2.25. The molecule has 0 radical (unpaired) electrons. The minimum Gasteiger partial charge on any atom is -0.312 e. The lowest BCUT2D eigenvalue weighted by molar-refractivity contribution is 0.311. The predicted octanol–water partition coefficient (Wildman–Crippen LogP) is 0.212. The number of rotatable bonds is 7. The van der Waals surface area contributed by atoms with E-state index in [-0.39, 0.29) is 18.3 Å². The molecule has 2 N–H and O–H groups in total. The Kier molecular flexibility index (Phi) is 6.20. The lowest BCUT2D eigenvalue weighted by Crippen LogP contribution is -2.51. The van der Waals surface area contributed by atoms with E-state index in [1.165, 1.54) is 15.6 Å². The van der Waals surface area contributed by atoms with E-state index in [2.05, 4.69) is 10.0 Å². The summed E-state index contributed by atoms with van der Waals surface area (Å²) >= 11 is 1.21. The van der Waals surface area contributed by atoms with Crippen molar-refractivity contribution >= 4 is 31.4 Å². The van der Waals surface area contributed by atoms with Crippen LogP contribution in [-0.4, -0.2) is 59.1 Å². The van der Waals surface area contributed by atoms with Crippen molar-refractivity contribution in [1.82, 2.24) is 14.3 Å². The van der Waals surface area contributed by atoms with Crippen LogP contribution in [0.5, 0.6) is 0 Å². The fourth-order valence-electron chi connectivity index (χ4n) is 2.31. The van der Waals surface area contributed by atoms with E-state index in [0.29, 0.717) is 30.3 Å². The van der Waals surface area contributed by atoms with Crippen molar-refractivity contribution in [2.75, 3.05) is 31.9 Å². The molecule has 23 heavy (non-hydrogen) atoms. The van der Waals surface area contributed by atoms with Gasteiger partial charge in [0.2, 0.25) is 10.0 Å². The Labute approximate surface area is 142 Å². The summed E-state index contributed by atoms with van der Waals surface area (Å²) < 4.78 is 52.3. The van der Waals surface area contributed by atoms with Crippen molar-refractivity contribution in [3.63, 3.8) is 0 Å². The van der Waals surface area contributed by atoms with Crippen molar-refractivity contribution in [2.45, 2.75) is 30.5 Å². The van der Waals surface area contributed by atoms with Crippen molar-refractivity contribution in [3.05, 3.63) is 17.0 Å². The first-order valence-electron chi connectivity index (χ1n) is 7.54. The second-order valence-electron chi connectivity index (χ2n) is 5.49. The molecule has 1 fully saturated rings. The van der Waals surface area contributed by atoms with Crippen molar-refractivity contribution < 1.29 is 16.8 Å². The average molecular weight is 382 g/mol. The maximum Gasteiger partial charge on any atom is 0.252 e. The third-order valence-electron chi connectivity index (χ3n) is 3.64. The van der Waals surface area contributed by atoms with Gasteiger partial charge in [0.05, 0.1) is 5.75 Å². The lowest BCUT2D eigenvalue weighted by atomic mass is 10.3. The SMILES string of the molecule is CCS(=O)(=O)NCCc1ccc(S(=O)(=O)N2CCNC(C)C2)s1. The van der Waals surface area contributed by atoms with Crippen LogP contribution in [0.15, 0.2) is 16.3 Å². The largest absolute Gasteiger partial charge is 0.312 e. The van der Waals surface area contributed by atoms with Crippen molar-refractivity contribution in [1.29, 1.82) is 0 Å². The number of piperazine rings is 1. The molecule has 1 atom stereocenters. The number of nitrogens with one attached hydrogen (secondary N) is 2. The summed E-state index contributed by atoms with van der Waals surface area (Å²) in [5.41, 5.74) is 0. The quantitative estimate of drug-likeness (QED) is 0.704. The summed E-state index contributed by atoms with van der Waals surface area (Å²) in [5, 5.41) is 3.22. The van der Waals surface area contributed by atoms with Crippen LogP contribution in [0.4, 0.5) is 0 Å². The number of nitrogens with zero attached hydrogens (tertiary/aromatic N) is 1. The molecule has 0 saturated carbocycles. The normalized spacial score (nSPS) is 20.7. The molecule has 7 nitrogen and oxygen atoms in total. The highest BCUT2D eigenvalue weighted by molar-refractivity contribution is 7.91. The van der Waals surface area contributed by atoms with Gasteiger partial charge < -0.3 is 5.32 Å². The molecule has 2 rings (SSSR count). The van der Waals surface area contributed by atoms with E-state index in [1.54, 1.807) is 19.1 Å². The smallest absolute Gasteiger partial charge is 0.252 e. The van der Waals surface area contributed by atoms with Crippen LogP contribution in [0, 0.1) is 0 Å². The first kappa shape index (κ1) is 18.8. The molecule has 132 valence electrons. The third-order valence-corrected chi connectivity index (χ3v) is 8.52. The molecule has 1 aromatic heterocycles. The van der Waals surface area contributed by atoms with E-state index in [9.17, 15) is 16.8 Å². The highest BCUT2D eigenvalue weighted by atomic mass is 32.2. The zero-order valence-electron chi connectivity index (χ0n) is 13.3. The second kappa shape index (κ2) is 7.58. The molecule has 1 aliphatic rings. The molecule has 1 saturated heterocycles. The fourth-order valence-corrected chi connectivity index (χ4v) is 5.96. The van der Waals surface area contributed by atoms with E-state index >= 15 is 0 Å². The summed E-state index contributed by atoms with van der Waals surface area (Å²) in [7, 11) is -6.67. The van der Waals surface area contributed by atoms with Crippen LogP contribution >= 0.6 is 11.3 Å². The molecule has 10 heteroatoms. The molecule has 0 aromatic carbocycles. The molecule has 0 amide bonds. The predicted molar refractivity (Wildman–Crippen MR) is 91.7 cm³/mol. The molecule has 1 aromatic rings. The van der Waals surface area contributed by atoms with Crippen LogP contribution in [0.25, 0.3) is 0 Å². The average Bonchev–Trinajstić information content (AvgIpc) is 2.97. The molecule has 1 aliphatic heterocycles. The summed E-state index contributed by atoms with van der Waals surface area (Å²) in [6, 6.07) is 3.50. The number of hydrogen-bond donors (Lipinski definition) is 2. The lowest BCUT2D eigenvalue weighted by Gasteiger charge is -2.30. The van der Waals surface area contributed by atoms with E-state index < -0.39 is 20.0 Å². The fraction of sp³-hybridized carbons (Fsp3) is 0.692.